The number of benzene rings is 1. The molecule has 2 N–H and O–H groups in total. The predicted octanol–water partition coefficient (Wildman–Crippen LogP) is 4.29. The molecule has 0 saturated carbocycles. The van der Waals surface area contributed by atoms with Crippen molar-refractivity contribution in [2.45, 2.75) is 33.6 Å². The van der Waals surface area contributed by atoms with Gasteiger partial charge in [-0.15, -0.1) is 0 Å². The second kappa shape index (κ2) is 5.12. The van der Waals surface area contributed by atoms with Crippen molar-refractivity contribution in [3.63, 3.8) is 0 Å². The van der Waals surface area contributed by atoms with Crippen LogP contribution in [0.5, 0.6) is 0 Å². The van der Waals surface area contributed by atoms with Gasteiger partial charge in [-0.2, -0.15) is 0 Å². The Hall–Kier alpha value is -0.700. The SMILES string of the molecule is CC(C)(C)C1CCN(c2ccc(Br)cc2N)CC1. The van der Waals surface area contributed by atoms with Gasteiger partial charge < -0.3 is 10.6 Å². The first kappa shape index (κ1) is 13.7. The van der Waals surface area contributed by atoms with Gasteiger partial charge in [0.05, 0.1) is 11.4 Å². The normalized spacial score (nSPS) is 18.1. The molecule has 18 heavy (non-hydrogen) atoms. The van der Waals surface area contributed by atoms with E-state index in [-0.39, 0.29) is 0 Å². The van der Waals surface area contributed by atoms with Crippen molar-refractivity contribution in [2.24, 2.45) is 11.3 Å². The minimum absolute atomic E-state index is 0.428. The third kappa shape index (κ3) is 3.00. The van der Waals surface area contributed by atoms with Gasteiger partial charge in [-0.25, -0.2) is 0 Å². The van der Waals surface area contributed by atoms with Crippen LogP contribution in [0.1, 0.15) is 33.6 Å². The molecule has 1 aliphatic heterocycles. The third-order valence-corrected chi connectivity index (χ3v) is 4.54. The molecule has 1 saturated heterocycles. The minimum Gasteiger partial charge on any atom is -0.397 e. The van der Waals surface area contributed by atoms with Crippen LogP contribution in [0.2, 0.25) is 0 Å². The number of hydrogen-bond donors (Lipinski definition) is 1. The quantitative estimate of drug-likeness (QED) is 0.784. The van der Waals surface area contributed by atoms with Crippen molar-refractivity contribution in [1.82, 2.24) is 0 Å². The Morgan fingerprint density at radius 2 is 1.83 bits per heavy atom. The Balaban J connectivity index is 2.06. The Morgan fingerprint density at radius 3 is 2.33 bits per heavy atom. The van der Waals surface area contributed by atoms with Gasteiger partial charge in [0, 0.05) is 17.6 Å². The maximum absolute atomic E-state index is 6.10. The maximum atomic E-state index is 6.10. The molecule has 0 unspecified atom stereocenters. The van der Waals surface area contributed by atoms with Gasteiger partial charge >= 0.3 is 0 Å². The number of nitrogen functional groups attached to an aromatic ring is 1. The lowest BCUT2D eigenvalue weighted by molar-refractivity contribution is 0.199. The first-order valence-corrected chi connectivity index (χ1v) is 7.47. The molecule has 2 nitrogen and oxygen atoms in total. The standard InChI is InChI=1S/C15H23BrN2/c1-15(2,3)11-6-8-18(9-7-11)14-5-4-12(16)10-13(14)17/h4-5,10-11H,6-9,17H2,1-3H3. The van der Waals surface area contributed by atoms with Crippen molar-refractivity contribution < 1.29 is 0 Å². The molecule has 0 aliphatic carbocycles. The molecule has 0 amide bonds. The van der Waals surface area contributed by atoms with E-state index >= 15 is 0 Å². The molecule has 100 valence electrons. The summed E-state index contributed by atoms with van der Waals surface area (Å²) in [5.41, 5.74) is 8.59. The summed E-state index contributed by atoms with van der Waals surface area (Å²) in [6.07, 6.45) is 2.53. The van der Waals surface area contributed by atoms with Crippen LogP contribution in [0.3, 0.4) is 0 Å². The number of hydrogen-bond acceptors (Lipinski definition) is 2. The summed E-state index contributed by atoms with van der Waals surface area (Å²) in [5, 5.41) is 0. The van der Waals surface area contributed by atoms with E-state index in [0.29, 0.717) is 5.41 Å². The van der Waals surface area contributed by atoms with E-state index in [1.54, 1.807) is 0 Å². The van der Waals surface area contributed by atoms with Gasteiger partial charge in [-0.3, -0.25) is 0 Å². The largest absolute Gasteiger partial charge is 0.397 e. The molecule has 1 aromatic rings. The van der Waals surface area contributed by atoms with Crippen LogP contribution in [0.4, 0.5) is 11.4 Å². The lowest BCUT2D eigenvalue weighted by Crippen LogP contribution is -2.38. The molecule has 0 aromatic heterocycles. The monoisotopic (exact) mass is 310 g/mol. The Bertz CT molecular complexity index is 415. The van der Waals surface area contributed by atoms with E-state index in [4.69, 9.17) is 5.73 Å². The zero-order valence-electron chi connectivity index (χ0n) is 11.5. The maximum Gasteiger partial charge on any atom is 0.0600 e. The Morgan fingerprint density at radius 1 is 1.22 bits per heavy atom. The van der Waals surface area contributed by atoms with Crippen LogP contribution >= 0.6 is 15.9 Å². The summed E-state index contributed by atoms with van der Waals surface area (Å²) in [5.74, 6) is 0.824. The summed E-state index contributed by atoms with van der Waals surface area (Å²) in [7, 11) is 0. The molecule has 0 spiro atoms. The molecular weight excluding hydrogens is 288 g/mol. The third-order valence-electron chi connectivity index (χ3n) is 4.05. The highest BCUT2D eigenvalue weighted by Crippen LogP contribution is 2.37. The topological polar surface area (TPSA) is 29.3 Å². The average molecular weight is 311 g/mol. The number of nitrogens with zero attached hydrogens (tertiary/aromatic N) is 1. The number of rotatable bonds is 1. The lowest BCUT2D eigenvalue weighted by Gasteiger charge is -2.40. The van der Waals surface area contributed by atoms with E-state index in [1.807, 2.05) is 6.07 Å². The highest BCUT2D eigenvalue weighted by atomic mass is 79.9. The van der Waals surface area contributed by atoms with Crippen molar-refractivity contribution in [1.29, 1.82) is 0 Å². The molecule has 2 rings (SSSR count). The number of piperidine rings is 1. The molecule has 3 heteroatoms. The average Bonchev–Trinajstić information content (AvgIpc) is 2.28. The summed E-state index contributed by atoms with van der Waals surface area (Å²) >= 11 is 3.46. The van der Waals surface area contributed by atoms with Gasteiger partial charge in [0.15, 0.2) is 0 Å². The van der Waals surface area contributed by atoms with Gasteiger partial charge in [0.2, 0.25) is 0 Å². The number of anilines is 2. The van der Waals surface area contributed by atoms with Crippen LogP contribution < -0.4 is 10.6 Å². The molecule has 0 atom stereocenters. The fourth-order valence-electron chi connectivity index (χ4n) is 2.80. The summed E-state index contributed by atoms with van der Waals surface area (Å²) in [4.78, 5) is 2.42. The molecule has 0 radical (unpaired) electrons. The first-order chi connectivity index (χ1) is 8.38. The van der Waals surface area contributed by atoms with Gasteiger partial charge in [-0.1, -0.05) is 36.7 Å². The molecule has 1 aliphatic rings. The van der Waals surface area contributed by atoms with Gasteiger partial charge in [0.1, 0.15) is 0 Å². The van der Waals surface area contributed by atoms with Crippen LogP contribution in [-0.4, -0.2) is 13.1 Å². The van der Waals surface area contributed by atoms with Crippen LogP contribution in [0.25, 0.3) is 0 Å². The van der Waals surface area contributed by atoms with Gasteiger partial charge in [-0.05, 0) is 42.4 Å². The van der Waals surface area contributed by atoms with Crippen molar-refractivity contribution in [3.05, 3.63) is 22.7 Å². The second-order valence-electron chi connectivity index (χ2n) is 6.33. The second-order valence-corrected chi connectivity index (χ2v) is 7.25. The van der Waals surface area contributed by atoms with E-state index in [2.05, 4.69) is 53.7 Å². The zero-order chi connectivity index (χ0) is 13.3. The summed E-state index contributed by atoms with van der Waals surface area (Å²) in [6.45, 7) is 9.28. The predicted molar refractivity (Wildman–Crippen MR) is 82.9 cm³/mol. The van der Waals surface area contributed by atoms with E-state index in [9.17, 15) is 0 Å². The Kier molecular flexibility index (Phi) is 3.90. The van der Waals surface area contributed by atoms with E-state index < -0.39 is 0 Å². The van der Waals surface area contributed by atoms with Gasteiger partial charge in [0.25, 0.3) is 0 Å². The smallest absolute Gasteiger partial charge is 0.0600 e. The fourth-order valence-corrected chi connectivity index (χ4v) is 3.18. The molecule has 1 fully saturated rings. The summed E-state index contributed by atoms with van der Waals surface area (Å²) in [6, 6.07) is 6.18. The number of halogens is 1. The molecular formula is C15H23BrN2. The van der Waals surface area contributed by atoms with E-state index in [0.717, 1.165) is 29.2 Å². The van der Waals surface area contributed by atoms with E-state index in [1.165, 1.54) is 18.5 Å². The molecule has 0 bridgehead atoms. The summed E-state index contributed by atoms with van der Waals surface area (Å²) < 4.78 is 1.05. The Labute approximate surface area is 119 Å². The van der Waals surface area contributed by atoms with Crippen LogP contribution in [-0.2, 0) is 0 Å². The molecule has 1 aromatic carbocycles. The van der Waals surface area contributed by atoms with Crippen molar-refractivity contribution >= 4 is 27.3 Å². The van der Waals surface area contributed by atoms with Crippen LogP contribution in [0, 0.1) is 11.3 Å². The lowest BCUT2D eigenvalue weighted by atomic mass is 9.75. The minimum atomic E-state index is 0.428. The van der Waals surface area contributed by atoms with Crippen LogP contribution in [0.15, 0.2) is 22.7 Å². The highest BCUT2D eigenvalue weighted by Gasteiger charge is 2.29. The zero-order valence-corrected chi connectivity index (χ0v) is 13.1. The fraction of sp³-hybridized carbons (Fsp3) is 0.600. The first-order valence-electron chi connectivity index (χ1n) is 6.68. The van der Waals surface area contributed by atoms with Crippen molar-refractivity contribution in [3.8, 4) is 0 Å². The van der Waals surface area contributed by atoms with Crippen molar-refractivity contribution in [2.75, 3.05) is 23.7 Å². The molecule has 1 heterocycles. The highest BCUT2D eigenvalue weighted by molar-refractivity contribution is 9.10. The number of nitrogens with two attached hydrogens (primary N) is 1.